The van der Waals surface area contributed by atoms with Crippen molar-refractivity contribution < 1.29 is 0 Å². The molecule has 0 saturated carbocycles. The lowest BCUT2D eigenvalue weighted by Gasteiger charge is -2.20. The van der Waals surface area contributed by atoms with Gasteiger partial charge in [-0.25, -0.2) is 0 Å². The van der Waals surface area contributed by atoms with E-state index in [0.29, 0.717) is 32.6 Å². The maximum absolute atomic E-state index is 13.2. The second-order valence-electron chi connectivity index (χ2n) is 7.84. The third-order valence-electron chi connectivity index (χ3n) is 5.90. The van der Waals surface area contributed by atoms with Gasteiger partial charge in [0.05, 0.1) is 16.6 Å². The largest absolute Gasteiger partial charge is 0.354 e. The maximum atomic E-state index is 13.2. The number of nitrogens with zero attached hydrogens (tertiary/aromatic N) is 1. The molecular formula is C24H21N3O2. The Balaban J connectivity index is 1.86. The fourth-order valence-electron chi connectivity index (χ4n) is 3.97. The predicted octanol–water partition coefficient (Wildman–Crippen LogP) is 4.30. The van der Waals surface area contributed by atoms with Gasteiger partial charge in [0.25, 0.3) is 0 Å². The molecule has 0 spiro atoms. The molecule has 2 aromatic heterocycles. The minimum atomic E-state index is -0.0350. The molecule has 5 heteroatoms. The van der Waals surface area contributed by atoms with Crippen molar-refractivity contribution in [3.63, 3.8) is 0 Å². The summed E-state index contributed by atoms with van der Waals surface area (Å²) in [5, 5.41) is 2.44. The van der Waals surface area contributed by atoms with Gasteiger partial charge in [0.2, 0.25) is 0 Å². The van der Waals surface area contributed by atoms with Crippen LogP contribution in [0.15, 0.2) is 64.2 Å². The number of H-pyrrole nitrogens is 2. The normalized spacial score (nSPS) is 13.1. The first kappa shape index (κ1) is 17.6. The lowest BCUT2D eigenvalue weighted by atomic mass is 10.0. The number of benzene rings is 3. The summed E-state index contributed by atoms with van der Waals surface area (Å²) >= 11 is 0. The second kappa shape index (κ2) is 6.29. The first-order valence-electron chi connectivity index (χ1n) is 9.65. The summed E-state index contributed by atoms with van der Waals surface area (Å²) < 4.78 is 0. The minimum Gasteiger partial charge on any atom is -0.354 e. The van der Waals surface area contributed by atoms with Crippen molar-refractivity contribution in [1.29, 1.82) is 0 Å². The molecule has 2 N–H and O–H groups in total. The summed E-state index contributed by atoms with van der Waals surface area (Å²) in [6.07, 6.45) is 0. The fraction of sp³-hybridized carbons (Fsp3) is 0.167. The van der Waals surface area contributed by atoms with E-state index in [4.69, 9.17) is 0 Å². The highest BCUT2D eigenvalue weighted by molar-refractivity contribution is 6.02. The average Bonchev–Trinajstić information content (AvgIpc) is 2.72. The topological polar surface area (TPSA) is 69.0 Å². The number of hydrogen-bond acceptors (Lipinski definition) is 3. The van der Waals surface area contributed by atoms with Gasteiger partial charge in [-0.15, -0.1) is 0 Å². The van der Waals surface area contributed by atoms with E-state index >= 15 is 0 Å². The van der Waals surface area contributed by atoms with Crippen LogP contribution in [0.5, 0.6) is 0 Å². The Morgan fingerprint density at radius 3 is 1.90 bits per heavy atom. The number of rotatable bonds is 2. The van der Waals surface area contributed by atoms with E-state index in [1.807, 2.05) is 56.6 Å². The third-order valence-corrected chi connectivity index (χ3v) is 5.90. The number of aromatic amines is 2. The summed E-state index contributed by atoms with van der Waals surface area (Å²) in [5.74, 6) is 0. The zero-order chi connectivity index (χ0) is 20.3. The number of hydrogen-bond donors (Lipinski definition) is 2. The lowest BCUT2D eigenvalue weighted by molar-refractivity contribution is 0.321. The zero-order valence-electron chi connectivity index (χ0n) is 16.5. The Bertz CT molecular complexity index is 1540. The first-order valence-corrected chi connectivity index (χ1v) is 9.65. The molecule has 0 aliphatic carbocycles. The number of para-hydroxylation sites is 1. The molecule has 5 aromatic rings. The summed E-state index contributed by atoms with van der Waals surface area (Å²) in [7, 11) is 4.06. The van der Waals surface area contributed by atoms with Gasteiger partial charge < -0.3 is 14.9 Å². The Hall–Kier alpha value is -3.44. The molecule has 3 aromatic carbocycles. The Morgan fingerprint density at radius 2 is 1.24 bits per heavy atom. The van der Waals surface area contributed by atoms with Crippen molar-refractivity contribution in [1.82, 2.24) is 14.9 Å². The molecule has 0 bridgehead atoms. The van der Waals surface area contributed by atoms with Crippen LogP contribution in [0.2, 0.25) is 0 Å². The van der Waals surface area contributed by atoms with E-state index < -0.39 is 0 Å². The average molecular weight is 383 g/mol. The van der Waals surface area contributed by atoms with Crippen molar-refractivity contribution in [3.8, 4) is 0 Å². The monoisotopic (exact) mass is 383 g/mol. The number of nitrogens with one attached hydrogen (secondary N) is 2. The molecule has 144 valence electrons. The van der Waals surface area contributed by atoms with E-state index in [-0.39, 0.29) is 16.9 Å². The van der Waals surface area contributed by atoms with E-state index in [1.165, 1.54) is 0 Å². The van der Waals surface area contributed by atoms with Crippen LogP contribution < -0.4 is 10.9 Å². The van der Waals surface area contributed by atoms with Gasteiger partial charge in [-0.05, 0) is 63.0 Å². The third kappa shape index (κ3) is 2.66. The molecule has 0 amide bonds. The molecule has 5 rings (SSSR count). The summed E-state index contributed by atoms with van der Waals surface area (Å²) in [4.78, 5) is 35.0. The van der Waals surface area contributed by atoms with Crippen LogP contribution in [-0.4, -0.2) is 29.0 Å². The van der Waals surface area contributed by atoms with Crippen LogP contribution >= 0.6 is 0 Å². The molecule has 2 heterocycles. The van der Waals surface area contributed by atoms with Crippen LogP contribution in [0.1, 0.15) is 18.5 Å². The van der Waals surface area contributed by atoms with Crippen LogP contribution in [-0.2, 0) is 0 Å². The van der Waals surface area contributed by atoms with Gasteiger partial charge in [0, 0.05) is 33.1 Å². The minimum absolute atomic E-state index is 0.0336. The van der Waals surface area contributed by atoms with Crippen molar-refractivity contribution in [2.45, 2.75) is 13.0 Å². The van der Waals surface area contributed by atoms with Crippen molar-refractivity contribution in [3.05, 3.63) is 80.6 Å². The maximum Gasteiger partial charge on any atom is 0.197 e. The van der Waals surface area contributed by atoms with Gasteiger partial charge in [-0.3, -0.25) is 9.59 Å². The first-order chi connectivity index (χ1) is 13.9. The summed E-state index contributed by atoms with van der Waals surface area (Å²) in [6.45, 7) is 2.12. The molecule has 5 nitrogen and oxygen atoms in total. The van der Waals surface area contributed by atoms with E-state index in [0.717, 1.165) is 16.6 Å². The van der Waals surface area contributed by atoms with Crippen molar-refractivity contribution >= 4 is 43.6 Å². The van der Waals surface area contributed by atoms with Gasteiger partial charge in [-0.1, -0.05) is 18.2 Å². The number of fused-ring (bicyclic) bond motifs is 4. The van der Waals surface area contributed by atoms with Crippen LogP contribution in [0, 0.1) is 0 Å². The molecule has 0 fully saturated rings. The van der Waals surface area contributed by atoms with Crippen LogP contribution in [0.4, 0.5) is 0 Å². The summed E-state index contributed by atoms with van der Waals surface area (Å²) in [6, 6.07) is 17.1. The molecule has 0 aliphatic rings. The van der Waals surface area contributed by atoms with Crippen molar-refractivity contribution in [2.24, 2.45) is 0 Å². The highest BCUT2D eigenvalue weighted by Crippen LogP contribution is 2.24. The smallest absolute Gasteiger partial charge is 0.197 e. The molecule has 1 atom stereocenters. The molecule has 0 saturated heterocycles. The van der Waals surface area contributed by atoms with Gasteiger partial charge in [0.1, 0.15) is 0 Å². The van der Waals surface area contributed by atoms with Gasteiger partial charge >= 0.3 is 0 Å². The van der Waals surface area contributed by atoms with E-state index in [1.54, 1.807) is 12.1 Å². The Morgan fingerprint density at radius 1 is 0.690 bits per heavy atom. The number of pyridine rings is 2. The van der Waals surface area contributed by atoms with E-state index in [9.17, 15) is 9.59 Å². The lowest BCUT2D eigenvalue weighted by Crippen LogP contribution is -2.17. The van der Waals surface area contributed by atoms with E-state index in [2.05, 4.69) is 21.8 Å². The Labute approximate surface area is 166 Å². The standard InChI is InChI=1S/C24H21N3O2/c1-13(27(2)3)14-8-9-16-20(10-14)26-22-12-17-21(11-18(22)24(16)29)25-19-7-5-4-6-15(19)23(17)28/h4-13H,1-3H3,(H,25,28)(H,26,29). The van der Waals surface area contributed by atoms with Gasteiger partial charge in [0.15, 0.2) is 10.9 Å². The molecule has 0 aliphatic heterocycles. The quantitative estimate of drug-likeness (QED) is 0.447. The predicted molar refractivity (Wildman–Crippen MR) is 120 cm³/mol. The SMILES string of the molecule is CC(c1ccc2c(=O)c3cc4[nH]c5ccccc5c(=O)c4cc3[nH]c2c1)N(C)C. The van der Waals surface area contributed by atoms with Crippen LogP contribution in [0.3, 0.4) is 0 Å². The molecule has 1 unspecified atom stereocenters. The molecule has 0 radical (unpaired) electrons. The highest BCUT2D eigenvalue weighted by atomic mass is 16.1. The zero-order valence-corrected chi connectivity index (χ0v) is 16.5. The van der Waals surface area contributed by atoms with Crippen molar-refractivity contribution in [2.75, 3.05) is 14.1 Å². The summed E-state index contributed by atoms with van der Waals surface area (Å²) in [5.41, 5.74) is 3.95. The molecular weight excluding hydrogens is 362 g/mol. The van der Waals surface area contributed by atoms with Crippen LogP contribution in [0.25, 0.3) is 43.6 Å². The fourth-order valence-corrected chi connectivity index (χ4v) is 3.97. The Kier molecular flexibility index (Phi) is 3.83. The van der Waals surface area contributed by atoms with Gasteiger partial charge in [-0.2, -0.15) is 0 Å². The second-order valence-corrected chi connectivity index (χ2v) is 7.84. The highest BCUT2D eigenvalue weighted by Gasteiger charge is 2.13. The number of aromatic nitrogens is 2. The molecule has 29 heavy (non-hydrogen) atoms.